The van der Waals surface area contributed by atoms with Crippen LogP contribution >= 0.6 is 11.6 Å². The second kappa shape index (κ2) is 7.11. The molecule has 3 nitrogen and oxygen atoms in total. The van der Waals surface area contributed by atoms with Crippen LogP contribution in [0.5, 0.6) is 11.5 Å². The van der Waals surface area contributed by atoms with Gasteiger partial charge in [-0.15, -0.1) is 0 Å². The average molecular weight is 396 g/mol. The zero-order chi connectivity index (χ0) is 19.1. The van der Waals surface area contributed by atoms with Crippen LogP contribution in [0.4, 0.5) is 5.69 Å². The summed E-state index contributed by atoms with van der Waals surface area (Å²) in [7, 11) is 0. The number of carbonyl (C=O) groups is 1. The van der Waals surface area contributed by atoms with Crippen LogP contribution in [-0.4, -0.2) is 5.91 Å². The topological polar surface area (TPSA) is 38.3 Å². The Morgan fingerprint density at radius 2 is 1.39 bits per heavy atom. The first-order chi connectivity index (χ1) is 13.6. The molecule has 0 atom stereocenters. The first-order valence-electron chi connectivity index (χ1n) is 10.4. The van der Waals surface area contributed by atoms with Gasteiger partial charge >= 0.3 is 0 Å². The van der Waals surface area contributed by atoms with Gasteiger partial charge < -0.3 is 10.1 Å². The molecule has 4 fully saturated rings. The number of rotatable bonds is 5. The molecule has 4 bridgehead atoms. The molecular weight excluding hydrogens is 370 g/mol. The molecule has 0 spiro atoms. The van der Waals surface area contributed by atoms with Gasteiger partial charge in [-0.3, -0.25) is 4.79 Å². The fourth-order valence-corrected chi connectivity index (χ4v) is 6.42. The van der Waals surface area contributed by atoms with Crippen LogP contribution in [0.2, 0.25) is 5.02 Å². The lowest BCUT2D eigenvalue weighted by Crippen LogP contribution is -2.47. The van der Waals surface area contributed by atoms with E-state index in [9.17, 15) is 4.79 Å². The predicted octanol–water partition coefficient (Wildman–Crippen LogP) is 6.68. The molecule has 6 rings (SSSR count). The summed E-state index contributed by atoms with van der Waals surface area (Å²) in [5, 5.41) is 3.79. The number of nitrogens with one attached hydrogen (secondary N) is 1. The van der Waals surface area contributed by atoms with E-state index in [1.807, 2.05) is 36.4 Å². The highest BCUT2D eigenvalue weighted by Crippen LogP contribution is 2.61. The van der Waals surface area contributed by atoms with Crippen LogP contribution in [0.25, 0.3) is 0 Å². The van der Waals surface area contributed by atoms with Gasteiger partial charge in [0.2, 0.25) is 5.91 Å². The van der Waals surface area contributed by atoms with Crippen LogP contribution < -0.4 is 10.1 Å². The van der Waals surface area contributed by atoms with Crippen molar-refractivity contribution >= 4 is 23.2 Å². The number of hydrogen-bond acceptors (Lipinski definition) is 2. The molecule has 0 aliphatic heterocycles. The van der Waals surface area contributed by atoms with Crippen molar-refractivity contribution in [2.45, 2.75) is 44.9 Å². The number of amides is 1. The van der Waals surface area contributed by atoms with E-state index in [0.29, 0.717) is 11.4 Å². The molecule has 0 unspecified atom stereocenters. The van der Waals surface area contributed by atoms with Gasteiger partial charge in [-0.05, 0) is 110 Å². The molecule has 0 heterocycles. The molecule has 4 saturated carbocycles. The molecule has 4 heteroatoms. The van der Waals surface area contributed by atoms with Crippen LogP contribution in [-0.2, 0) is 4.79 Å². The van der Waals surface area contributed by atoms with Crippen molar-refractivity contribution in [1.82, 2.24) is 0 Å². The zero-order valence-corrected chi connectivity index (χ0v) is 16.8. The summed E-state index contributed by atoms with van der Waals surface area (Å²) in [6.07, 6.45) is 8.71. The Morgan fingerprint density at radius 1 is 0.893 bits per heavy atom. The summed E-state index contributed by atoms with van der Waals surface area (Å²) in [5.74, 6) is 4.27. The van der Waals surface area contributed by atoms with Crippen molar-refractivity contribution in [3.05, 3.63) is 53.6 Å². The largest absolute Gasteiger partial charge is 0.457 e. The van der Waals surface area contributed by atoms with Crippen molar-refractivity contribution in [2.24, 2.45) is 23.2 Å². The standard InChI is InChI=1S/C24H26ClNO2/c25-19-1-5-21(6-2-19)28-22-7-3-20(4-8-22)26-23(27)15-24-12-16-9-17(13-24)11-18(10-16)14-24/h1-8,16-18H,9-15H2,(H,26,27). The zero-order valence-electron chi connectivity index (χ0n) is 16.0. The van der Waals surface area contributed by atoms with Crippen molar-refractivity contribution < 1.29 is 9.53 Å². The Balaban J connectivity index is 1.19. The number of ether oxygens (including phenoxy) is 1. The Bertz CT molecular complexity index is 824. The quantitative estimate of drug-likeness (QED) is 0.613. The van der Waals surface area contributed by atoms with Gasteiger partial charge in [0.05, 0.1) is 0 Å². The minimum atomic E-state index is 0.160. The van der Waals surface area contributed by atoms with Crippen molar-refractivity contribution in [3.63, 3.8) is 0 Å². The van der Waals surface area contributed by atoms with E-state index in [0.717, 1.165) is 34.9 Å². The predicted molar refractivity (Wildman–Crippen MR) is 112 cm³/mol. The Kier molecular flexibility index (Phi) is 4.59. The fourth-order valence-electron chi connectivity index (χ4n) is 6.30. The molecule has 2 aromatic carbocycles. The first kappa shape index (κ1) is 18.1. The monoisotopic (exact) mass is 395 g/mol. The summed E-state index contributed by atoms with van der Waals surface area (Å²) in [6.45, 7) is 0. The smallest absolute Gasteiger partial charge is 0.224 e. The van der Waals surface area contributed by atoms with Crippen LogP contribution in [0.15, 0.2) is 48.5 Å². The van der Waals surface area contributed by atoms with Gasteiger partial charge in [-0.2, -0.15) is 0 Å². The van der Waals surface area contributed by atoms with E-state index >= 15 is 0 Å². The summed E-state index contributed by atoms with van der Waals surface area (Å²) in [5.41, 5.74) is 1.11. The van der Waals surface area contributed by atoms with E-state index in [1.54, 1.807) is 12.1 Å². The van der Waals surface area contributed by atoms with E-state index in [2.05, 4.69) is 5.32 Å². The van der Waals surface area contributed by atoms with Gasteiger partial charge in [0.15, 0.2) is 0 Å². The number of halogens is 1. The van der Waals surface area contributed by atoms with Crippen LogP contribution in [0, 0.1) is 23.2 Å². The number of hydrogen-bond donors (Lipinski definition) is 1. The molecule has 2 aromatic rings. The molecule has 4 aliphatic rings. The molecule has 146 valence electrons. The maximum atomic E-state index is 12.8. The molecule has 28 heavy (non-hydrogen) atoms. The molecule has 0 aromatic heterocycles. The minimum absolute atomic E-state index is 0.160. The summed E-state index contributed by atoms with van der Waals surface area (Å²) >= 11 is 5.90. The Labute approximate surface area is 171 Å². The normalized spacial score (nSPS) is 30.2. The average Bonchev–Trinajstić information content (AvgIpc) is 2.63. The molecular formula is C24H26ClNO2. The SMILES string of the molecule is O=C(CC12CC3CC(CC(C3)C1)C2)Nc1ccc(Oc2ccc(Cl)cc2)cc1. The van der Waals surface area contributed by atoms with Gasteiger partial charge in [0, 0.05) is 17.1 Å². The van der Waals surface area contributed by atoms with Crippen LogP contribution in [0.3, 0.4) is 0 Å². The third kappa shape index (κ3) is 3.77. The maximum Gasteiger partial charge on any atom is 0.224 e. The van der Waals surface area contributed by atoms with Gasteiger partial charge in [-0.1, -0.05) is 11.6 Å². The fraction of sp³-hybridized carbons (Fsp3) is 0.458. The van der Waals surface area contributed by atoms with Crippen molar-refractivity contribution in [2.75, 3.05) is 5.32 Å². The number of anilines is 1. The van der Waals surface area contributed by atoms with Gasteiger partial charge in [0.1, 0.15) is 11.5 Å². The Hall–Kier alpha value is -2.00. The van der Waals surface area contributed by atoms with Crippen molar-refractivity contribution in [3.8, 4) is 11.5 Å². The van der Waals surface area contributed by atoms with E-state index < -0.39 is 0 Å². The molecule has 0 saturated heterocycles. The first-order valence-corrected chi connectivity index (χ1v) is 10.8. The highest BCUT2D eigenvalue weighted by atomic mass is 35.5. The van der Waals surface area contributed by atoms with E-state index in [1.165, 1.54) is 38.5 Å². The minimum Gasteiger partial charge on any atom is -0.457 e. The Morgan fingerprint density at radius 3 is 1.93 bits per heavy atom. The van der Waals surface area contributed by atoms with Gasteiger partial charge in [0.25, 0.3) is 0 Å². The molecule has 1 amide bonds. The lowest BCUT2D eigenvalue weighted by molar-refractivity contribution is -0.124. The third-order valence-corrected chi connectivity index (χ3v) is 7.14. The molecule has 4 aliphatic carbocycles. The maximum absolute atomic E-state index is 12.8. The summed E-state index contributed by atoms with van der Waals surface area (Å²) in [4.78, 5) is 12.8. The van der Waals surface area contributed by atoms with Crippen LogP contribution in [0.1, 0.15) is 44.9 Å². The summed E-state index contributed by atoms with van der Waals surface area (Å²) < 4.78 is 5.81. The van der Waals surface area contributed by atoms with Crippen molar-refractivity contribution in [1.29, 1.82) is 0 Å². The third-order valence-electron chi connectivity index (χ3n) is 6.89. The van der Waals surface area contributed by atoms with E-state index in [-0.39, 0.29) is 11.3 Å². The number of benzene rings is 2. The highest BCUT2D eigenvalue weighted by Gasteiger charge is 2.51. The lowest BCUT2D eigenvalue weighted by atomic mass is 9.49. The highest BCUT2D eigenvalue weighted by molar-refractivity contribution is 6.30. The summed E-state index contributed by atoms with van der Waals surface area (Å²) in [6, 6.07) is 14.9. The molecule has 1 N–H and O–H groups in total. The molecule has 0 radical (unpaired) electrons. The lowest BCUT2D eigenvalue weighted by Gasteiger charge is -2.56. The van der Waals surface area contributed by atoms with Gasteiger partial charge in [-0.25, -0.2) is 0 Å². The number of carbonyl (C=O) groups excluding carboxylic acids is 1. The second-order valence-electron chi connectivity index (χ2n) is 9.22. The van der Waals surface area contributed by atoms with E-state index in [4.69, 9.17) is 16.3 Å². The second-order valence-corrected chi connectivity index (χ2v) is 9.66.